The Morgan fingerprint density at radius 2 is 1.90 bits per heavy atom. The molecule has 0 aliphatic carbocycles. The molecule has 21 heavy (non-hydrogen) atoms. The second kappa shape index (κ2) is 10.6. The lowest BCUT2D eigenvalue weighted by molar-refractivity contribution is 0.0930. The SMILES string of the molecule is CCCC(O)CN(CCCOC)Cc1ccc(OC)cc1. The monoisotopic (exact) mass is 295 g/mol. The number of methoxy groups -OCH3 is 2. The highest BCUT2D eigenvalue weighted by Crippen LogP contribution is 2.14. The van der Waals surface area contributed by atoms with Gasteiger partial charge in [0, 0.05) is 33.4 Å². The Kier molecular flexibility index (Phi) is 9.06. The average Bonchev–Trinajstić information content (AvgIpc) is 2.48. The summed E-state index contributed by atoms with van der Waals surface area (Å²) in [5.74, 6) is 0.871. The van der Waals surface area contributed by atoms with Crippen LogP contribution in [0.2, 0.25) is 0 Å². The molecule has 0 saturated heterocycles. The fraction of sp³-hybridized carbons (Fsp3) is 0.647. The van der Waals surface area contributed by atoms with E-state index in [1.165, 1.54) is 5.56 Å². The van der Waals surface area contributed by atoms with E-state index in [9.17, 15) is 5.11 Å². The standard InChI is InChI=1S/C17H29NO3/c1-4-6-16(19)14-18(11-5-12-20-2)13-15-7-9-17(21-3)10-8-15/h7-10,16,19H,4-6,11-14H2,1-3H3. The van der Waals surface area contributed by atoms with Gasteiger partial charge in [-0.1, -0.05) is 25.5 Å². The van der Waals surface area contributed by atoms with Crippen LogP contribution < -0.4 is 4.74 Å². The smallest absolute Gasteiger partial charge is 0.118 e. The van der Waals surface area contributed by atoms with Gasteiger partial charge in [0.25, 0.3) is 0 Å². The van der Waals surface area contributed by atoms with Crippen molar-refractivity contribution in [3.8, 4) is 5.75 Å². The lowest BCUT2D eigenvalue weighted by atomic mass is 10.1. The molecule has 0 bridgehead atoms. The van der Waals surface area contributed by atoms with Crippen molar-refractivity contribution in [2.45, 2.75) is 38.8 Å². The number of nitrogens with zero attached hydrogens (tertiary/aromatic N) is 1. The van der Waals surface area contributed by atoms with Gasteiger partial charge in [-0.2, -0.15) is 0 Å². The van der Waals surface area contributed by atoms with Gasteiger partial charge in [-0.25, -0.2) is 0 Å². The predicted molar refractivity (Wildman–Crippen MR) is 85.7 cm³/mol. The van der Waals surface area contributed by atoms with Crippen LogP contribution in [-0.2, 0) is 11.3 Å². The fourth-order valence-corrected chi connectivity index (χ4v) is 2.38. The van der Waals surface area contributed by atoms with E-state index < -0.39 is 0 Å². The zero-order valence-corrected chi connectivity index (χ0v) is 13.5. The van der Waals surface area contributed by atoms with Gasteiger partial charge in [-0.05, 0) is 30.5 Å². The molecule has 1 rings (SSSR count). The molecule has 0 aliphatic heterocycles. The maximum atomic E-state index is 10.0. The van der Waals surface area contributed by atoms with Gasteiger partial charge in [-0.15, -0.1) is 0 Å². The van der Waals surface area contributed by atoms with Crippen molar-refractivity contribution in [1.29, 1.82) is 0 Å². The van der Waals surface area contributed by atoms with E-state index in [1.807, 2.05) is 12.1 Å². The molecule has 0 fully saturated rings. The minimum absolute atomic E-state index is 0.254. The van der Waals surface area contributed by atoms with Crippen molar-refractivity contribution < 1.29 is 14.6 Å². The van der Waals surface area contributed by atoms with Crippen LogP contribution in [0, 0.1) is 0 Å². The Bertz CT molecular complexity index is 367. The minimum Gasteiger partial charge on any atom is -0.497 e. The molecule has 0 aliphatic rings. The van der Waals surface area contributed by atoms with Gasteiger partial charge in [0.1, 0.15) is 5.75 Å². The van der Waals surface area contributed by atoms with Crippen LogP contribution in [0.25, 0.3) is 0 Å². The zero-order valence-electron chi connectivity index (χ0n) is 13.5. The molecule has 0 spiro atoms. The van der Waals surface area contributed by atoms with Crippen LogP contribution in [0.5, 0.6) is 5.75 Å². The summed E-state index contributed by atoms with van der Waals surface area (Å²) in [6.07, 6.45) is 2.58. The van der Waals surface area contributed by atoms with Crippen LogP contribution in [-0.4, -0.2) is 50.0 Å². The molecule has 1 unspecified atom stereocenters. The van der Waals surface area contributed by atoms with E-state index in [2.05, 4.69) is 24.0 Å². The molecule has 1 aromatic carbocycles. The van der Waals surface area contributed by atoms with Crippen LogP contribution in [0.15, 0.2) is 24.3 Å². The predicted octanol–water partition coefficient (Wildman–Crippen LogP) is 2.69. The molecule has 4 heteroatoms. The van der Waals surface area contributed by atoms with E-state index in [-0.39, 0.29) is 6.10 Å². The van der Waals surface area contributed by atoms with Gasteiger partial charge in [0.2, 0.25) is 0 Å². The number of ether oxygens (including phenoxy) is 2. The summed E-state index contributed by atoms with van der Waals surface area (Å²) < 4.78 is 10.3. The van der Waals surface area contributed by atoms with Crippen molar-refractivity contribution >= 4 is 0 Å². The molecule has 0 saturated carbocycles. The van der Waals surface area contributed by atoms with Crippen LogP contribution in [0.4, 0.5) is 0 Å². The molecule has 4 nitrogen and oxygen atoms in total. The van der Waals surface area contributed by atoms with Crippen LogP contribution in [0.3, 0.4) is 0 Å². The first-order valence-corrected chi connectivity index (χ1v) is 7.71. The normalized spacial score (nSPS) is 12.6. The Hall–Kier alpha value is -1.10. The fourth-order valence-electron chi connectivity index (χ4n) is 2.38. The van der Waals surface area contributed by atoms with Crippen molar-refractivity contribution in [3.05, 3.63) is 29.8 Å². The van der Waals surface area contributed by atoms with Crippen LogP contribution >= 0.6 is 0 Å². The second-order valence-electron chi connectivity index (χ2n) is 5.37. The zero-order chi connectivity index (χ0) is 15.5. The average molecular weight is 295 g/mol. The molecule has 1 atom stereocenters. The Morgan fingerprint density at radius 3 is 2.48 bits per heavy atom. The first-order valence-electron chi connectivity index (χ1n) is 7.71. The third-order valence-corrected chi connectivity index (χ3v) is 3.48. The van der Waals surface area contributed by atoms with Gasteiger partial charge in [0.05, 0.1) is 13.2 Å². The lowest BCUT2D eigenvalue weighted by Gasteiger charge is -2.25. The Balaban J connectivity index is 2.56. The molecule has 120 valence electrons. The highest BCUT2D eigenvalue weighted by atomic mass is 16.5. The summed E-state index contributed by atoms with van der Waals surface area (Å²) >= 11 is 0. The van der Waals surface area contributed by atoms with E-state index >= 15 is 0 Å². The second-order valence-corrected chi connectivity index (χ2v) is 5.37. The van der Waals surface area contributed by atoms with Crippen molar-refractivity contribution in [2.75, 3.05) is 33.9 Å². The molecule has 1 aromatic rings. The van der Waals surface area contributed by atoms with Crippen molar-refractivity contribution in [1.82, 2.24) is 4.90 Å². The summed E-state index contributed by atoms with van der Waals surface area (Å²) in [4.78, 5) is 2.29. The maximum Gasteiger partial charge on any atom is 0.118 e. The summed E-state index contributed by atoms with van der Waals surface area (Å²) in [5, 5.41) is 10.0. The Labute approximate surface area is 128 Å². The first kappa shape index (κ1) is 18.0. The summed E-state index contributed by atoms with van der Waals surface area (Å²) in [5.41, 5.74) is 1.23. The largest absolute Gasteiger partial charge is 0.497 e. The Morgan fingerprint density at radius 1 is 1.19 bits per heavy atom. The van der Waals surface area contributed by atoms with Gasteiger partial charge in [-0.3, -0.25) is 4.90 Å². The minimum atomic E-state index is -0.254. The molecule has 0 aromatic heterocycles. The number of aliphatic hydroxyl groups excluding tert-OH is 1. The van der Waals surface area contributed by atoms with E-state index in [0.29, 0.717) is 6.54 Å². The topological polar surface area (TPSA) is 41.9 Å². The number of hydrogen-bond donors (Lipinski definition) is 1. The third-order valence-electron chi connectivity index (χ3n) is 3.48. The van der Waals surface area contributed by atoms with Gasteiger partial charge < -0.3 is 14.6 Å². The molecule has 1 N–H and O–H groups in total. The molecular formula is C17H29NO3. The highest BCUT2D eigenvalue weighted by molar-refractivity contribution is 5.27. The molecule has 0 radical (unpaired) electrons. The summed E-state index contributed by atoms with van der Waals surface area (Å²) in [6, 6.07) is 8.11. The number of rotatable bonds is 11. The van der Waals surface area contributed by atoms with Gasteiger partial charge in [0.15, 0.2) is 0 Å². The summed E-state index contributed by atoms with van der Waals surface area (Å²) in [7, 11) is 3.40. The summed E-state index contributed by atoms with van der Waals surface area (Å²) in [6.45, 7) is 5.34. The molecule has 0 amide bonds. The van der Waals surface area contributed by atoms with E-state index in [1.54, 1.807) is 14.2 Å². The molecule has 0 heterocycles. The number of hydrogen-bond acceptors (Lipinski definition) is 4. The number of benzene rings is 1. The third kappa shape index (κ3) is 7.46. The van der Waals surface area contributed by atoms with E-state index in [4.69, 9.17) is 9.47 Å². The van der Waals surface area contributed by atoms with Crippen LogP contribution in [0.1, 0.15) is 31.7 Å². The van der Waals surface area contributed by atoms with Crippen molar-refractivity contribution in [3.63, 3.8) is 0 Å². The lowest BCUT2D eigenvalue weighted by Crippen LogP contribution is -2.33. The van der Waals surface area contributed by atoms with Gasteiger partial charge >= 0.3 is 0 Å². The maximum absolute atomic E-state index is 10.0. The van der Waals surface area contributed by atoms with Crippen molar-refractivity contribution in [2.24, 2.45) is 0 Å². The highest BCUT2D eigenvalue weighted by Gasteiger charge is 2.11. The molecular weight excluding hydrogens is 266 g/mol. The number of aliphatic hydroxyl groups is 1. The quantitative estimate of drug-likeness (QED) is 0.637. The first-order chi connectivity index (χ1) is 10.2. The van der Waals surface area contributed by atoms with E-state index in [0.717, 1.165) is 44.7 Å².